The summed E-state index contributed by atoms with van der Waals surface area (Å²) in [6.45, 7) is 0. The Bertz CT molecular complexity index is 574. The Hall–Kier alpha value is -2.01. The molecule has 0 bridgehead atoms. The maximum Gasteiger partial charge on any atom is 0.209 e. The van der Waals surface area contributed by atoms with Crippen LogP contribution in [0.1, 0.15) is 20.7 Å². The predicted octanol–water partition coefficient (Wildman–Crippen LogP) is 1.61. The van der Waals surface area contributed by atoms with Gasteiger partial charge in [-0.2, -0.15) is 0 Å². The molecule has 0 atom stereocenters. The van der Waals surface area contributed by atoms with Crippen LogP contribution in [0, 0.1) is 0 Å². The number of hydrogen-bond donors (Lipinski definition) is 2. The molecule has 1 aliphatic carbocycles. The average Bonchev–Trinajstić information content (AvgIpc) is 2.26. The van der Waals surface area contributed by atoms with E-state index in [0.717, 1.165) is 12.1 Å². The molecule has 0 aliphatic heterocycles. The maximum atomic E-state index is 11.7. The highest BCUT2D eigenvalue weighted by atomic mass is 35.5. The Morgan fingerprint density at radius 3 is 2.53 bits per heavy atom. The summed E-state index contributed by atoms with van der Waals surface area (Å²) in [5, 5.41) is 19.0. The van der Waals surface area contributed by atoms with Crippen LogP contribution in [-0.2, 0) is 0 Å². The minimum absolute atomic E-state index is 0.102. The molecule has 0 saturated heterocycles. The smallest absolute Gasteiger partial charge is 0.209 e. The number of hydrogen-bond acceptors (Lipinski definition) is 5. The van der Waals surface area contributed by atoms with Gasteiger partial charge in [0, 0.05) is 11.6 Å². The van der Waals surface area contributed by atoms with Gasteiger partial charge in [-0.25, -0.2) is 0 Å². The second kappa shape index (κ2) is 3.78. The molecule has 1 aromatic carbocycles. The molecule has 0 aromatic heterocycles. The van der Waals surface area contributed by atoms with Crippen LogP contribution in [-0.4, -0.2) is 28.9 Å². The second-order valence-electron chi connectivity index (χ2n) is 3.39. The summed E-state index contributed by atoms with van der Waals surface area (Å²) in [6.07, 6.45) is 0.942. The van der Waals surface area contributed by atoms with Crippen LogP contribution >= 0.6 is 11.6 Å². The Kier molecular flexibility index (Phi) is 2.55. The first-order chi connectivity index (χ1) is 7.97. The summed E-state index contributed by atoms with van der Waals surface area (Å²) in [5.41, 5.74) is -0.354. The van der Waals surface area contributed by atoms with Crippen LogP contribution in [0.4, 0.5) is 0 Å². The van der Waals surface area contributed by atoms with Crippen LogP contribution in [0.2, 0.25) is 0 Å². The van der Waals surface area contributed by atoms with E-state index < -0.39 is 23.1 Å². The van der Waals surface area contributed by atoms with Gasteiger partial charge in [0.2, 0.25) is 11.5 Å². The van der Waals surface area contributed by atoms with E-state index in [0.29, 0.717) is 0 Å². The molecule has 1 aliphatic rings. The molecule has 0 unspecified atom stereocenters. The van der Waals surface area contributed by atoms with Gasteiger partial charge < -0.3 is 14.9 Å². The molecule has 0 heterocycles. The predicted molar refractivity (Wildman–Crippen MR) is 58.9 cm³/mol. The molecule has 0 saturated carbocycles. The molecule has 0 fully saturated rings. The van der Waals surface area contributed by atoms with Crippen LogP contribution in [0.5, 0.6) is 17.2 Å². The fourth-order valence-electron chi connectivity index (χ4n) is 1.64. The summed E-state index contributed by atoms with van der Waals surface area (Å²) in [7, 11) is 1.22. The van der Waals surface area contributed by atoms with Crippen LogP contribution in [0.15, 0.2) is 17.2 Å². The first-order valence-corrected chi connectivity index (χ1v) is 4.94. The number of phenols is 2. The van der Waals surface area contributed by atoms with Crippen molar-refractivity contribution in [1.29, 1.82) is 0 Å². The lowest BCUT2D eigenvalue weighted by Gasteiger charge is -2.16. The van der Waals surface area contributed by atoms with Gasteiger partial charge in [-0.05, 0) is 6.07 Å². The first-order valence-electron chi connectivity index (χ1n) is 4.56. The lowest BCUT2D eigenvalue weighted by Crippen LogP contribution is -2.15. The van der Waals surface area contributed by atoms with Crippen LogP contribution < -0.4 is 4.74 Å². The molecule has 1 aromatic rings. The lowest BCUT2D eigenvalue weighted by atomic mass is 9.93. The summed E-state index contributed by atoms with van der Waals surface area (Å²) < 4.78 is 4.73. The number of allylic oxidation sites excluding steroid dienone is 2. The van der Waals surface area contributed by atoms with Crippen molar-refractivity contribution >= 4 is 23.2 Å². The van der Waals surface area contributed by atoms with E-state index in [9.17, 15) is 19.8 Å². The molecule has 2 rings (SSSR count). The highest BCUT2D eigenvalue weighted by Crippen LogP contribution is 2.43. The highest BCUT2D eigenvalue weighted by Gasteiger charge is 2.31. The largest absolute Gasteiger partial charge is 0.504 e. The molecule has 0 radical (unpaired) electrons. The highest BCUT2D eigenvalue weighted by molar-refractivity contribution is 6.49. The fourth-order valence-corrected chi connectivity index (χ4v) is 1.83. The van der Waals surface area contributed by atoms with E-state index in [1.165, 1.54) is 7.11 Å². The zero-order chi connectivity index (χ0) is 12.7. The molecule has 0 amide bonds. The van der Waals surface area contributed by atoms with Gasteiger partial charge in [0.15, 0.2) is 17.3 Å². The molecule has 88 valence electrons. The van der Waals surface area contributed by atoms with Crippen LogP contribution in [0.3, 0.4) is 0 Å². The summed E-state index contributed by atoms with van der Waals surface area (Å²) in [5.74, 6) is -2.52. The number of Topliss-reactive ketones (excluding diaryl/α,β-unsaturated/α-hetero) is 1. The second-order valence-corrected chi connectivity index (χ2v) is 3.79. The third-order valence-electron chi connectivity index (χ3n) is 2.41. The normalized spacial score (nSPS) is 14.4. The van der Waals surface area contributed by atoms with Crippen molar-refractivity contribution < 1.29 is 24.5 Å². The molecular weight excluding hydrogens is 248 g/mol. The van der Waals surface area contributed by atoms with Crippen LogP contribution in [0.25, 0.3) is 0 Å². The number of ketones is 2. The van der Waals surface area contributed by atoms with Crippen molar-refractivity contribution in [3.05, 3.63) is 28.3 Å². The Balaban J connectivity index is 2.81. The van der Waals surface area contributed by atoms with Crippen molar-refractivity contribution in [2.75, 3.05) is 7.11 Å². The topological polar surface area (TPSA) is 83.8 Å². The monoisotopic (exact) mass is 254 g/mol. The van der Waals surface area contributed by atoms with Crippen molar-refractivity contribution in [3.63, 3.8) is 0 Å². The van der Waals surface area contributed by atoms with Gasteiger partial charge >= 0.3 is 0 Å². The summed E-state index contributed by atoms with van der Waals surface area (Å²) in [6, 6.07) is 1.06. The number of methoxy groups -OCH3 is 1. The average molecular weight is 255 g/mol. The number of phenolic OH excluding ortho intramolecular Hbond substituents is 2. The number of halogens is 1. The third kappa shape index (κ3) is 1.55. The number of benzene rings is 1. The number of rotatable bonds is 1. The van der Waals surface area contributed by atoms with Gasteiger partial charge in [0.1, 0.15) is 0 Å². The third-order valence-corrected chi connectivity index (χ3v) is 2.69. The Labute approximate surface area is 101 Å². The number of aromatic hydroxyl groups is 2. The number of fused-ring (bicyclic) bond motifs is 1. The van der Waals surface area contributed by atoms with E-state index >= 15 is 0 Å². The fraction of sp³-hybridized carbons (Fsp3) is 0.0909. The summed E-state index contributed by atoms with van der Waals surface area (Å²) in [4.78, 5) is 23.3. The van der Waals surface area contributed by atoms with E-state index in [2.05, 4.69) is 0 Å². The van der Waals surface area contributed by atoms with Gasteiger partial charge in [-0.1, -0.05) is 11.6 Å². The van der Waals surface area contributed by atoms with Gasteiger partial charge in [-0.15, -0.1) is 0 Å². The molecule has 5 nitrogen and oxygen atoms in total. The van der Waals surface area contributed by atoms with E-state index in [1.807, 2.05) is 0 Å². The van der Waals surface area contributed by atoms with Gasteiger partial charge in [-0.3, -0.25) is 9.59 Å². The number of carbonyl (C=O) groups excluding carboxylic acids is 2. The maximum absolute atomic E-state index is 11.7. The molecular formula is C11H7ClO5. The van der Waals surface area contributed by atoms with Gasteiger partial charge in [0.05, 0.1) is 17.7 Å². The van der Waals surface area contributed by atoms with E-state index in [1.54, 1.807) is 0 Å². The Morgan fingerprint density at radius 1 is 1.29 bits per heavy atom. The minimum atomic E-state index is -0.683. The van der Waals surface area contributed by atoms with E-state index in [-0.39, 0.29) is 21.9 Å². The van der Waals surface area contributed by atoms with Crippen molar-refractivity contribution in [1.82, 2.24) is 0 Å². The number of ether oxygens (including phenoxy) is 1. The SMILES string of the molecule is COc1c(O)cc2c(c1O)C(=O)C(Cl)=CC2=O. The molecule has 17 heavy (non-hydrogen) atoms. The zero-order valence-electron chi connectivity index (χ0n) is 8.65. The molecule has 2 N–H and O–H groups in total. The minimum Gasteiger partial charge on any atom is -0.504 e. The first kappa shape index (κ1) is 11.5. The molecule has 6 heteroatoms. The zero-order valence-corrected chi connectivity index (χ0v) is 9.41. The summed E-state index contributed by atoms with van der Waals surface area (Å²) >= 11 is 5.57. The molecule has 0 spiro atoms. The standard InChI is InChI=1S/C11H7ClO5/c1-17-11-7(14)2-4-6(13)3-5(12)9(15)8(4)10(11)16/h2-3,14,16H,1H3. The van der Waals surface area contributed by atoms with Crippen molar-refractivity contribution in [2.24, 2.45) is 0 Å². The van der Waals surface area contributed by atoms with Crippen molar-refractivity contribution in [2.45, 2.75) is 0 Å². The lowest BCUT2D eigenvalue weighted by molar-refractivity contribution is 0.0987. The van der Waals surface area contributed by atoms with Crippen molar-refractivity contribution in [3.8, 4) is 17.2 Å². The Morgan fingerprint density at radius 2 is 1.94 bits per heavy atom. The van der Waals surface area contributed by atoms with E-state index in [4.69, 9.17) is 16.3 Å². The number of carbonyl (C=O) groups is 2. The van der Waals surface area contributed by atoms with Gasteiger partial charge in [0.25, 0.3) is 0 Å². The quantitative estimate of drug-likeness (QED) is 0.795.